The highest BCUT2D eigenvalue weighted by molar-refractivity contribution is 6.21. The van der Waals surface area contributed by atoms with Gasteiger partial charge in [-0.3, -0.25) is 19.3 Å². The predicted octanol–water partition coefficient (Wildman–Crippen LogP) is 4.35. The maximum Gasteiger partial charge on any atom is 0.313 e. The van der Waals surface area contributed by atoms with Crippen molar-refractivity contribution in [3.63, 3.8) is 0 Å². The highest BCUT2D eigenvalue weighted by Gasteiger charge is 2.35. The first-order valence-electron chi connectivity index (χ1n) is 10.5. The molecule has 1 aliphatic rings. The first-order chi connectivity index (χ1) is 16.5. The minimum absolute atomic E-state index is 0.0864. The van der Waals surface area contributed by atoms with E-state index in [1.165, 1.54) is 7.11 Å². The van der Waals surface area contributed by atoms with Gasteiger partial charge >= 0.3 is 5.97 Å². The number of imide groups is 1. The van der Waals surface area contributed by atoms with E-state index in [-0.39, 0.29) is 18.7 Å². The monoisotopic (exact) mass is 452 g/mol. The van der Waals surface area contributed by atoms with Crippen LogP contribution >= 0.6 is 0 Å². The quantitative estimate of drug-likeness (QED) is 0.174. The summed E-state index contributed by atoms with van der Waals surface area (Å²) in [4.78, 5) is 38.4. The summed E-state index contributed by atoms with van der Waals surface area (Å²) in [5.41, 5.74) is 2.63. The third-order valence-corrected chi connectivity index (χ3v) is 5.35. The molecule has 2 amide bonds. The summed E-state index contributed by atoms with van der Waals surface area (Å²) in [6, 6.07) is 22.9. The minimum atomic E-state index is -0.611. The number of carbonyl (C=O) groups excluding carboxylic acids is 3. The summed E-state index contributed by atoms with van der Waals surface area (Å²) < 4.78 is 10.8. The highest BCUT2D eigenvalue weighted by Crippen LogP contribution is 2.30. The first-order valence-corrected chi connectivity index (χ1v) is 10.5. The molecule has 0 aliphatic carbocycles. The molecule has 0 atom stereocenters. The molecular formula is C27H20N2O5. The molecule has 1 aliphatic heterocycles. The lowest BCUT2D eigenvalue weighted by Crippen LogP contribution is -2.32. The van der Waals surface area contributed by atoms with Crippen LogP contribution in [0.25, 0.3) is 11.6 Å². The standard InChI is InChI=1S/C27H20N2O5/c1-33-24-16-18(15-20(17-28)19-7-3-2-4-8-19)11-12-23(24)34-25(30)13-14-29-26(31)21-9-5-6-10-22(21)27(29)32/h2-12,15-16H,13-14H2,1H3. The van der Waals surface area contributed by atoms with E-state index in [1.807, 2.05) is 30.3 Å². The number of hydrogen-bond donors (Lipinski definition) is 0. The molecule has 7 heteroatoms. The van der Waals surface area contributed by atoms with Crippen molar-refractivity contribution in [1.82, 2.24) is 4.90 Å². The molecule has 0 N–H and O–H groups in total. The number of methoxy groups -OCH3 is 1. The Kier molecular flexibility index (Phi) is 6.51. The molecule has 4 rings (SSSR count). The number of ether oxygens (including phenoxy) is 2. The van der Waals surface area contributed by atoms with E-state index in [2.05, 4.69) is 6.07 Å². The number of allylic oxidation sites excluding steroid dienone is 1. The first kappa shape index (κ1) is 22.5. The molecule has 0 fully saturated rings. The fourth-order valence-electron chi connectivity index (χ4n) is 3.64. The Labute approximate surface area is 196 Å². The van der Waals surface area contributed by atoms with Gasteiger partial charge in [0.15, 0.2) is 11.5 Å². The lowest BCUT2D eigenvalue weighted by Gasteiger charge is -2.14. The van der Waals surface area contributed by atoms with E-state index >= 15 is 0 Å². The number of benzene rings is 3. The van der Waals surface area contributed by atoms with Crippen LogP contribution in [0.4, 0.5) is 0 Å². The fraction of sp³-hybridized carbons (Fsp3) is 0.111. The van der Waals surface area contributed by atoms with Crippen LogP contribution in [0.15, 0.2) is 72.8 Å². The Morgan fingerprint density at radius 1 is 0.941 bits per heavy atom. The van der Waals surface area contributed by atoms with Gasteiger partial charge in [-0.25, -0.2) is 0 Å². The minimum Gasteiger partial charge on any atom is -0.493 e. The number of amides is 2. The smallest absolute Gasteiger partial charge is 0.313 e. The van der Waals surface area contributed by atoms with Gasteiger partial charge in [-0.1, -0.05) is 48.5 Å². The number of fused-ring (bicyclic) bond motifs is 1. The van der Waals surface area contributed by atoms with Crippen molar-refractivity contribution in [3.05, 3.63) is 95.1 Å². The van der Waals surface area contributed by atoms with Crippen LogP contribution in [-0.2, 0) is 4.79 Å². The lowest BCUT2D eigenvalue weighted by atomic mass is 10.0. The number of nitriles is 1. The molecule has 34 heavy (non-hydrogen) atoms. The van der Waals surface area contributed by atoms with Gasteiger partial charge < -0.3 is 9.47 Å². The van der Waals surface area contributed by atoms with Crippen LogP contribution in [-0.4, -0.2) is 36.3 Å². The number of hydrogen-bond acceptors (Lipinski definition) is 6. The maximum absolute atomic E-state index is 12.4. The molecule has 0 saturated heterocycles. The number of esters is 1. The summed E-state index contributed by atoms with van der Waals surface area (Å²) in [5.74, 6) is -0.943. The highest BCUT2D eigenvalue weighted by atomic mass is 16.6. The molecule has 1 heterocycles. The van der Waals surface area contributed by atoms with Gasteiger partial charge in [0.25, 0.3) is 11.8 Å². The van der Waals surface area contributed by atoms with Crippen LogP contribution < -0.4 is 9.47 Å². The van der Waals surface area contributed by atoms with E-state index < -0.39 is 17.8 Å². The van der Waals surface area contributed by atoms with Crippen molar-refractivity contribution >= 4 is 29.4 Å². The predicted molar refractivity (Wildman–Crippen MR) is 125 cm³/mol. The van der Waals surface area contributed by atoms with Gasteiger partial charge in [-0.2, -0.15) is 5.26 Å². The second kappa shape index (κ2) is 9.84. The Morgan fingerprint density at radius 3 is 2.21 bits per heavy atom. The average molecular weight is 452 g/mol. The van der Waals surface area contributed by atoms with E-state index in [9.17, 15) is 19.6 Å². The molecule has 7 nitrogen and oxygen atoms in total. The largest absolute Gasteiger partial charge is 0.493 e. The van der Waals surface area contributed by atoms with Crippen molar-refractivity contribution in [3.8, 4) is 17.6 Å². The van der Waals surface area contributed by atoms with Crippen LogP contribution in [0.1, 0.15) is 38.3 Å². The third-order valence-electron chi connectivity index (χ3n) is 5.35. The molecule has 0 aromatic heterocycles. The van der Waals surface area contributed by atoms with E-state index in [1.54, 1.807) is 48.5 Å². The van der Waals surface area contributed by atoms with Crippen LogP contribution in [0, 0.1) is 11.3 Å². The van der Waals surface area contributed by atoms with E-state index in [0.717, 1.165) is 10.5 Å². The van der Waals surface area contributed by atoms with E-state index in [4.69, 9.17) is 9.47 Å². The molecule has 3 aromatic carbocycles. The van der Waals surface area contributed by atoms with E-state index in [0.29, 0.717) is 28.0 Å². The molecule has 0 saturated carbocycles. The molecule has 0 bridgehead atoms. The molecule has 0 radical (unpaired) electrons. The maximum atomic E-state index is 12.4. The summed E-state index contributed by atoms with van der Waals surface area (Å²) in [5, 5.41) is 9.51. The normalized spacial score (nSPS) is 12.8. The Balaban J connectivity index is 1.43. The average Bonchev–Trinajstić information content (AvgIpc) is 3.12. The van der Waals surface area contributed by atoms with Gasteiger partial charge in [-0.05, 0) is 41.5 Å². The van der Waals surface area contributed by atoms with Crippen molar-refractivity contribution in [2.75, 3.05) is 13.7 Å². The van der Waals surface area contributed by atoms with Gasteiger partial charge in [0, 0.05) is 6.54 Å². The summed E-state index contributed by atoms with van der Waals surface area (Å²) >= 11 is 0. The number of rotatable bonds is 7. The van der Waals surface area contributed by atoms with Gasteiger partial charge in [0.05, 0.1) is 36.3 Å². The van der Waals surface area contributed by atoms with Crippen molar-refractivity contribution in [2.24, 2.45) is 0 Å². The zero-order valence-corrected chi connectivity index (χ0v) is 18.4. The van der Waals surface area contributed by atoms with Gasteiger partial charge in [0.2, 0.25) is 0 Å². The molecule has 0 unspecified atom stereocenters. The van der Waals surface area contributed by atoms with Gasteiger partial charge in [-0.15, -0.1) is 0 Å². The molecule has 168 valence electrons. The van der Waals surface area contributed by atoms with Crippen LogP contribution in [0.2, 0.25) is 0 Å². The zero-order chi connectivity index (χ0) is 24.1. The molecule has 0 spiro atoms. The molecular weight excluding hydrogens is 432 g/mol. The van der Waals surface area contributed by atoms with Crippen molar-refractivity contribution in [2.45, 2.75) is 6.42 Å². The summed E-state index contributed by atoms with van der Waals surface area (Å²) in [6.45, 7) is -0.0864. The number of carbonyl (C=O) groups is 3. The summed E-state index contributed by atoms with van der Waals surface area (Å²) in [7, 11) is 1.45. The van der Waals surface area contributed by atoms with Crippen LogP contribution in [0.5, 0.6) is 11.5 Å². The Hall–Kier alpha value is -4.70. The van der Waals surface area contributed by atoms with Crippen molar-refractivity contribution in [1.29, 1.82) is 5.26 Å². The SMILES string of the molecule is COc1cc(C=C(C#N)c2ccccc2)ccc1OC(=O)CCN1C(=O)c2ccccc2C1=O. The topological polar surface area (TPSA) is 96.7 Å². The Bertz CT molecular complexity index is 1300. The number of nitrogens with zero attached hydrogens (tertiary/aromatic N) is 2. The zero-order valence-electron chi connectivity index (χ0n) is 18.4. The Morgan fingerprint density at radius 2 is 1.59 bits per heavy atom. The lowest BCUT2D eigenvalue weighted by molar-refractivity contribution is -0.134. The second-order valence-electron chi connectivity index (χ2n) is 7.48. The fourth-order valence-corrected chi connectivity index (χ4v) is 3.64. The third kappa shape index (κ3) is 4.57. The summed E-state index contributed by atoms with van der Waals surface area (Å²) in [6.07, 6.45) is 1.55. The van der Waals surface area contributed by atoms with Gasteiger partial charge in [0.1, 0.15) is 0 Å². The second-order valence-corrected chi connectivity index (χ2v) is 7.48. The van der Waals surface area contributed by atoms with Crippen LogP contribution in [0.3, 0.4) is 0 Å². The van der Waals surface area contributed by atoms with Crippen molar-refractivity contribution < 1.29 is 23.9 Å². The molecule has 3 aromatic rings.